The summed E-state index contributed by atoms with van der Waals surface area (Å²) < 4.78 is 13.1. The number of rotatable bonds is 4. The summed E-state index contributed by atoms with van der Waals surface area (Å²) in [7, 11) is -0.462. The molecule has 0 amide bonds. The van der Waals surface area contributed by atoms with Crippen LogP contribution in [0.5, 0.6) is 0 Å². The zero-order valence-corrected chi connectivity index (χ0v) is 24.9. The van der Waals surface area contributed by atoms with Crippen molar-refractivity contribution in [1.29, 1.82) is 0 Å². The van der Waals surface area contributed by atoms with Crippen LogP contribution in [-0.4, -0.2) is 23.3 Å². The molecule has 0 radical (unpaired) electrons. The van der Waals surface area contributed by atoms with E-state index in [9.17, 15) is 0 Å². The van der Waals surface area contributed by atoms with Crippen molar-refractivity contribution >= 4 is 44.9 Å². The Morgan fingerprint density at radius 3 is 1.86 bits per heavy atom. The first-order valence-corrected chi connectivity index (χ1v) is 15.0. The molecular weight excluding hydrogens is 525 g/mol. The monoisotopic (exact) mass is 557 g/mol. The lowest BCUT2D eigenvalue weighted by atomic mass is 9.76. The predicted molar refractivity (Wildman–Crippen MR) is 180 cm³/mol. The minimum Gasteiger partial charge on any atom is -0.399 e. The Bertz CT molecular complexity index is 2100. The fourth-order valence-corrected chi connectivity index (χ4v) is 6.44. The van der Waals surface area contributed by atoms with Gasteiger partial charge in [0.15, 0.2) is 0 Å². The number of nitrogens with zero attached hydrogens (tertiary/aromatic N) is 1. The summed E-state index contributed by atoms with van der Waals surface area (Å²) in [6.07, 6.45) is 1.83. The van der Waals surface area contributed by atoms with E-state index in [2.05, 4.69) is 130 Å². The van der Waals surface area contributed by atoms with Gasteiger partial charge in [0, 0.05) is 11.8 Å². The van der Waals surface area contributed by atoms with E-state index < -0.39 is 18.3 Å². The SMILES string of the molecule is CC1(C)OB(c2cc(-c3ccc(-c4ccccn4)cc3)cc(-c3ccc4ccc5cccc6ccc3c4c56)c2)OC1(C)C. The molecule has 1 fully saturated rings. The van der Waals surface area contributed by atoms with Gasteiger partial charge in [0.25, 0.3) is 0 Å². The number of hydrogen-bond donors (Lipinski definition) is 0. The largest absolute Gasteiger partial charge is 0.494 e. The average molecular weight is 558 g/mol. The Labute approximate surface area is 252 Å². The Kier molecular flexibility index (Phi) is 5.78. The minimum absolute atomic E-state index is 0.425. The van der Waals surface area contributed by atoms with Crippen LogP contribution >= 0.6 is 0 Å². The van der Waals surface area contributed by atoms with Crippen LogP contribution in [-0.2, 0) is 9.31 Å². The fourth-order valence-electron chi connectivity index (χ4n) is 6.44. The van der Waals surface area contributed by atoms with E-state index in [-0.39, 0.29) is 0 Å². The van der Waals surface area contributed by atoms with E-state index in [0.29, 0.717) is 0 Å². The summed E-state index contributed by atoms with van der Waals surface area (Å²) >= 11 is 0. The lowest BCUT2D eigenvalue weighted by Gasteiger charge is -2.32. The van der Waals surface area contributed by atoms with E-state index in [0.717, 1.165) is 33.4 Å². The molecule has 0 bridgehead atoms. The van der Waals surface area contributed by atoms with Gasteiger partial charge in [-0.3, -0.25) is 4.98 Å². The molecule has 0 aliphatic carbocycles. The van der Waals surface area contributed by atoms with E-state index in [4.69, 9.17) is 9.31 Å². The van der Waals surface area contributed by atoms with Crippen LogP contribution in [0.15, 0.2) is 121 Å². The Morgan fingerprint density at radius 1 is 0.535 bits per heavy atom. The van der Waals surface area contributed by atoms with Crippen LogP contribution in [0.4, 0.5) is 0 Å². The molecule has 1 aliphatic rings. The molecule has 3 nitrogen and oxygen atoms in total. The Hall–Kier alpha value is -4.51. The summed E-state index contributed by atoms with van der Waals surface area (Å²) in [6, 6.07) is 41.5. The maximum Gasteiger partial charge on any atom is 0.494 e. The van der Waals surface area contributed by atoms with Crippen molar-refractivity contribution in [3.05, 3.63) is 121 Å². The second-order valence-corrected chi connectivity index (χ2v) is 12.7. The molecule has 1 saturated heterocycles. The number of benzene rings is 6. The second kappa shape index (κ2) is 9.50. The average Bonchev–Trinajstić information content (AvgIpc) is 3.26. The van der Waals surface area contributed by atoms with E-state index >= 15 is 0 Å². The predicted octanol–water partition coefficient (Wildman–Crippen LogP) is 9.28. The maximum atomic E-state index is 6.56. The van der Waals surface area contributed by atoms with E-state index in [1.165, 1.54) is 37.9 Å². The molecule has 0 spiro atoms. The van der Waals surface area contributed by atoms with Gasteiger partial charge in [-0.15, -0.1) is 0 Å². The van der Waals surface area contributed by atoms with Crippen LogP contribution in [0.1, 0.15) is 27.7 Å². The third kappa shape index (κ3) is 4.24. The van der Waals surface area contributed by atoms with Crippen molar-refractivity contribution in [2.24, 2.45) is 0 Å². The summed E-state index contributed by atoms with van der Waals surface area (Å²) in [6.45, 7) is 8.42. The molecular formula is C39H32BNO2. The summed E-state index contributed by atoms with van der Waals surface area (Å²) in [5, 5.41) is 7.70. The summed E-state index contributed by atoms with van der Waals surface area (Å²) in [5.41, 5.74) is 6.84. The van der Waals surface area contributed by atoms with Gasteiger partial charge in [-0.25, -0.2) is 0 Å². The summed E-state index contributed by atoms with van der Waals surface area (Å²) in [4.78, 5) is 4.53. The van der Waals surface area contributed by atoms with Crippen LogP contribution < -0.4 is 5.46 Å². The third-order valence-electron chi connectivity index (χ3n) is 9.50. The Balaban J connectivity index is 1.32. The van der Waals surface area contributed by atoms with Crippen molar-refractivity contribution in [2.45, 2.75) is 38.9 Å². The van der Waals surface area contributed by atoms with Crippen molar-refractivity contribution in [2.75, 3.05) is 0 Å². The molecule has 208 valence electrons. The normalized spacial score (nSPS) is 16.0. The molecule has 8 rings (SSSR count). The molecule has 4 heteroatoms. The quantitative estimate of drug-likeness (QED) is 0.160. The smallest absolute Gasteiger partial charge is 0.399 e. The molecule has 43 heavy (non-hydrogen) atoms. The Morgan fingerprint density at radius 2 is 1.16 bits per heavy atom. The van der Waals surface area contributed by atoms with Gasteiger partial charge < -0.3 is 9.31 Å². The highest BCUT2D eigenvalue weighted by molar-refractivity contribution is 6.62. The molecule has 0 atom stereocenters. The molecule has 1 aromatic heterocycles. The number of hydrogen-bond acceptors (Lipinski definition) is 3. The topological polar surface area (TPSA) is 31.4 Å². The van der Waals surface area contributed by atoms with Crippen LogP contribution in [0, 0.1) is 0 Å². The fraction of sp³-hybridized carbons (Fsp3) is 0.154. The van der Waals surface area contributed by atoms with Crippen LogP contribution in [0.3, 0.4) is 0 Å². The van der Waals surface area contributed by atoms with Gasteiger partial charge in [0.2, 0.25) is 0 Å². The zero-order valence-electron chi connectivity index (χ0n) is 24.9. The van der Waals surface area contributed by atoms with E-state index in [1.807, 2.05) is 24.4 Å². The molecule has 2 heterocycles. The minimum atomic E-state index is -0.462. The lowest BCUT2D eigenvalue weighted by Crippen LogP contribution is -2.41. The van der Waals surface area contributed by atoms with Crippen LogP contribution in [0.2, 0.25) is 0 Å². The van der Waals surface area contributed by atoms with Gasteiger partial charge in [-0.05, 0) is 106 Å². The standard InChI is InChI=1S/C39H32BNO2/c1-38(2)39(3,4)43-40(42-38)32-23-30(25-11-13-26(14-12-25)35-10-5-6-21-41-35)22-31(24-32)33-19-17-29-16-15-27-8-7-9-28-18-20-34(33)37(29)36(27)28/h5-24H,1-4H3. The number of pyridine rings is 1. The first kappa shape index (κ1) is 26.1. The maximum absolute atomic E-state index is 6.56. The molecule has 1 aliphatic heterocycles. The zero-order chi connectivity index (χ0) is 29.3. The highest BCUT2D eigenvalue weighted by Crippen LogP contribution is 2.41. The van der Waals surface area contributed by atoms with Gasteiger partial charge in [0.1, 0.15) is 0 Å². The molecule has 0 saturated carbocycles. The number of aromatic nitrogens is 1. The van der Waals surface area contributed by atoms with Crippen molar-refractivity contribution < 1.29 is 9.31 Å². The highest BCUT2D eigenvalue weighted by Gasteiger charge is 2.51. The van der Waals surface area contributed by atoms with Gasteiger partial charge in [0.05, 0.1) is 16.9 Å². The van der Waals surface area contributed by atoms with Crippen molar-refractivity contribution in [3.8, 4) is 33.5 Å². The summed E-state index contributed by atoms with van der Waals surface area (Å²) in [5.74, 6) is 0. The molecule has 0 N–H and O–H groups in total. The molecule has 6 aromatic carbocycles. The first-order chi connectivity index (χ1) is 20.8. The van der Waals surface area contributed by atoms with Gasteiger partial charge >= 0.3 is 7.12 Å². The molecule has 0 unspecified atom stereocenters. The van der Waals surface area contributed by atoms with Crippen LogP contribution in [0.25, 0.3) is 65.8 Å². The second-order valence-electron chi connectivity index (χ2n) is 12.7. The van der Waals surface area contributed by atoms with Gasteiger partial charge in [-0.2, -0.15) is 0 Å². The van der Waals surface area contributed by atoms with E-state index in [1.54, 1.807) is 0 Å². The highest BCUT2D eigenvalue weighted by atomic mass is 16.7. The molecule has 7 aromatic rings. The lowest BCUT2D eigenvalue weighted by molar-refractivity contribution is 0.00578. The van der Waals surface area contributed by atoms with Crippen molar-refractivity contribution in [1.82, 2.24) is 4.98 Å². The van der Waals surface area contributed by atoms with Crippen molar-refractivity contribution in [3.63, 3.8) is 0 Å². The van der Waals surface area contributed by atoms with Gasteiger partial charge in [-0.1, -0.05) is 97.1 Å². The third-order valence-corrected chi connectivity index (χ3v) is 9.50. The first-order valence-electron chi connectivity index (χ1n) is 15.0.